The Morgan fingerprint density at radius 3 is 1.93 bits per heavy atom. The Kier molecular flexibility index (Phi) is 4.37. The molecule has 1 aromatic rings. The lowest BCUT2D eigenvalue weighted by atomic mass is 10.2. The molecule has 0 heterocycles. The average molecular weight is 251 g/mol. The number of hydrogen-bond donors (Lipinski definition) is 0. The number of rotatable bonds is 4. The second kappa shape index (κ2) is 5.14. The van der Waals surface area contributed by atoms with E-state index in [0.29, 0.717) is 15.6 Å². The minimum atomic E-state index is -1.29. The standard InChI is InChI=1S/C10H12Cl2O3/c1-13-10(14-2,15-3)8-5-4-7(11)6-9(8)12/h4-6H,1-3H3. The maximum atomic E-state index is 6.03. The van der Waals surface area contributed by atoms with Crippen molar-refractivity contribution < 1.29 is 14.2 Å². The Labute approximate surface area is 98.8 Å². The fourth-order valence-electron chi connectivity index (χ4n) is 1.32. The lowest BCUT2D eigenvalue weighted by Gasteiger charge is -2.29. The first-order valence-corrected chi connectivity index (χ1v) is 4.96. The summed E-state index contributed by atoms with van der Waals surface area (Å²) in [7, 11) is 4.41. The molecule has 0 N–H and O–H groups in total. The molecule has 84 valence electrons. The van der Waals surface area contributed by atoms with Crippen LogP contribution >= 0.6 is 23.2 Å². The molecule has 0 spiro atoms. The highest BCUT2D eigenvalue weighted by Gasteiger charge is 2.34. The second-order valence-corrected chi connectivity index (χ2v) is 3.64. The van der Waals surface area contributed by atoms with Crippen LogP contribution in [0.15, 0.2) is 18.2 Å². The Morgan fingerprint density at radius 1 is 1.00 bits per heavy atom. The van der Waals surface area contributed by atoms with Gasteiger partial charge in [0.05, 0.1) is 10.6 Å². The van der Waals surface area contributed by atoms with Gasteiger partial charge in [-0.3, -0.25) is 0 Å². The van der Waals surface area contributed by atoms with Crippen molar-refractivity contribution in [1.29, 1.82) is 0 Å². The summed E-state index contributed by atoms with van der Waals surface area (Å²) >= 11 is 11.8. The van der Waals surface area contributed by atoms with Crippen molar-refractivity contribution in [3.8, 4) is 0 Å². The van der Waals surface area contributed by atoms with E-state index in [4.69, 9.17) is 37.4 Å². The monoisotopic (exact) mass is 250 g/mol. The predicted molar refractivity (Wildman–Crippen MR) is 59.2 cm³/mol. The van der Waals surface area contributed by atoms with Crippen LogP contribution in [-0.2, 0) is 20.2 Å². The highest BCUT2D eigenvalue weighted by Crippen LogP contribution is 2.33. The van der Waals surface area contributed by atoms with Crippen LogP contribution in [0.1, 0.15) is 5.56 Å². The van der Waals surface area contributed by atoms with E-state index in [2.05, 4.69) is 0 Å². The SMILES string of the molecule is COC(OC)(OC)c1ccc(Cl)cc1Cl. The van der Waals surface area contributed by atoms with Gasteiger partial charge in [-0.25, -0.2) is 0 Å². The Morgan fingerprint density at radius 2 is 1.53 bits per heavy atom. The van der Waals surface area contributed by atoms with E-state index in [0.717, 1.165) is 0 Å². The molecule has 0 unspecified atom stereocenters. The van der Waals surface area contributed by atoms with Crippen molar-refractivity contribution in [1.82, 2.24) is 0 Å². The molecule has 1 rings (SSSR count). The molecule has 0 aliphatic carbocycles. The molecule has 0 saturated carbocycles. The molecule has 0 atom stereocenters. The minimum Gasteiger partial charge on any atom is -0.327 e. The number of ether oxygens (including phenoxy) is 3. The topological polar surface area (TPSA) is 27.7 Å². The van der Waals surface area contributed by atoms with Gasteiger partial charge in [-0.2, -0.15) is 0 Å². The molecule has 0 aliphatic rings. The van der Waals surface area contributed by atoms with Crippen LogP contribution < -0.4 is 0 Å². The lowest BCUT2D eigenvalue weighted by Crippen LogP contribution is -2.33. The Balaban J connectivity index is 3.22. The van der Waals surface area contributed by atoms with Crippen molar-refractivity contribution in [2.24, 2.45) is 0 Å². The van der Waals surface area contributed by atoms with Gasteiger partial charge in [0.25, 0.3) is 0 Å². The molecule has 0 saturated heterocycles. The van der Waals surface area contributed by atoms with E-state index in [-0.39, 0.29) is 0 Å². The van der Waals surface area contributed by atoms with Gasteiger partial charge in [-0.1, -0.05) is 23.2 Å². The van der Waals surface area contributed by atoms with Crippen LogP contribution in [0.5, 0.6) is 0 Å². The zero-order valence-electron chi connectivity index (χ0n) is 8.71. The van der Waals surface area contributed by atoms with E-state index < -0.39 is 5.97 Å². The molecular weight excluding hydrogens is 239 g/mol. The fourth-order valence-corrected chi connectivity index (χ4v) is 1.84. The smallest absolute Gasteiger partial charge is 0.312 e. The largest absolute Gasteiger partial charge is 0.327 e. The van der Waals surface area contributed by atoms with Crippen LogP contribution in [0.25, 0.3) is 0 Å². The van der Waals surface area contributed by atoms with Crippen LogP contribution in [0.4, 0.5) is 0 Å². The summed E-state index contributed by atoms with van der Waals surface area (Å²) < 4.78 is 15.5. The van der Waals surface area contributed by atoms with Gasteiger partial charge in [0.1, 0.15) is 0 Å². The van der Waals surface area contributed by atoms with E-state index in [1.807, 2.05) is 0 Å². The molecule has 0 fully saturated rings. The fraction of sp³-hybridized carbons (Fsp3) is 0.400. The zero-order valence-corrected chi connectivity index (χ0v) is 10.2. The third kappa shape index (κ3) is 2.44. The first-order valence-electron chi connectivity index (χ1n) is 4.20. The Bertz CT molecular complexity index is 329. The molecule has 15 heavy (non-hydrogen) atoms. The van der Waals surface area contributed by atoms with Gasteiger partial charge in [0, 0.05) is 26.4 Å². The minimum absolute atomic E-state index is 0.424. The summed E-state index contributed by atoms with van der Waals surface area (Å²) in [4.78, 5) is 0. The summed E-state index contributed by atoms with van der Waals surface area (Å²) in [6.45, 7) is 0. The van der Waals surface area contributed by atoms with Gasteiger partial charge in [0.2, 0.25) is 0 Å². The molecule has 5 heteroatoms. The average Bonchev–Trinajstić information content (AvgIpc) is 2.23. The van der Waals surface area contributed by atoms with Crippen molar-refractivity contribution in [3.05, 3.63) is 33.8 Å². The maximum Gasteiger partial charge on any atom is 0.312 e. The summed E-state index contributed by atoms with van der Waals surface area (Å²) in [5.41, 5.74) is 0.570. The van der Waals surface area contributed by atoms with Gasteiger partial charge in [-0.15, -0.1) is 0 Å². The van der Waals surface area contributed by atoms with Crippen molar-refractivity contribution in [2.75, 3.05) is 21.3 Å². The second-order valence-electron chi connectivity index (χ2n) is 2.79. The highest BCUT2D eigenvalue weighted by molar-refractivity contribution is 6.35. The third-order valence-corrected chi connectivity index (χ3v) is 2.61. The third-order valence-electron chi connectivity index (χ3n) is 2.07. The Hall–Kier alpha value is -0.320. The number of hydrogen-bond acceptors (Lipinski definition) is 3. The summed E-state index contributed by atoms with van der Waals surface area (Å²) in [6, 6.07) is 4.99. The quantitative estimate of drug-likeness (QED) is 0.770. The van der Waals surface area contributed by atoms with Crippen LogP contribution in [-0.4, -0.2) is 21.3 Å². The van der Waals surface area contributed by atoms with E-state index in [1.165, 1.54) is 21.3 Å². The summed E-state index contributed by atoms with van der Waals surface area (Å²) in [5, 5.41) is 0.967. The van der Waals surface area contributed by atoms with Crippen molar-refractivity contribution in [3.63, 3.8) is 0 Å². The number of methoxy groups -OCH3 is 3. The highest BCUT2D eigenvalue weighted by atomic mass is 35.5. The first kappa shape index (κ1) is 12.7. The predicted octanol–water partition coefficient (Wildman–Crippen LogP) is 3.04. The molecule has 0 aliphatic heterocycles. The van der Waals surface area contributed by atoms with Gasteiger partial charge in [0.15, 0.2) is 0 Å². The molecule has 1 aromatic carbocycles. The summed E-state index contributed by atoms with van der Waals surface area (Å²) in [6.07, 6.45) is 0. The lowest BCUT2D eigenvalue weighted by molar-refractivity contribution is -0.364. The van der Waals surface area contributed by atoms with E-state index >= 15 is 0 Å². The van der Waals surface area contributed by atoms with E-state index in [9.17, 15) is 0 Å². The van der Waals surface area contributed by atoms with Gasteiger partial charge < -0.3 is 14.2 Å². The van der Waals surface area contributed by atoms with Crippen molar-refractivity contribution >= 4 is 23.2 Å². The van der Waals surface area contributed by atoms with Crippen LogP contribution in [0.2, 0.25) is 10.0 Å². The summed E-state index contributed by atoms with van der Waals surface area (Å²) in [5.74, 6) is -1.29. The first-order chi connectivity index (χ1) is 7.09. The molecule has 3 nitrogen and oxygen atoms in total. The van der Waals surface area contributed by atoms with Crippen LogP contribution in [0, 0.1) is 0 Å². The maximum absolute atomic E-state index is 6.03. The molecule has 0 radical (unpaired) electrons. The van der Waals surface area contributed by atoms with Gasteiger partial charge >= 0.3 is 5.97 Å². The molecule has 0 amide bonds. The normalized spacial score (nSPS) is 11.8. The molecule has 0 bridgehead atoms. The number of benzene rings is 1. The van der Waals surface area contributed by atoms with Gasteiger partial charge in [-0.05, 0) is 18.2 Å². The van der Waals surface area contributed by atoms with Crippen molar-refractivity contribution in [2.45, 2.75) is 5.97 Å². The number of halogens is 2. The molecular formula is C10H12Cl2O3. The van der Waals surface area contributed by atoms with E-state index in [1.54, 1.807) is 18.2 Å². The van der Waals surface area contributed by atoms with Crippen LogP contribution in [0.3, 0.4) is 0 Å². The zero-order chi connectivity index (χ0) is 11.5. The molecule has 0 aromatic heterocycles.